The first-order chi connectivity index (χ1) is 7.71. The van der Waals surface area contributed by atoms with E-state index in [9.17, 15) is 5.11 Å². The van der Waals surface area contributed by atoms with Crippen LogP contribution in [-0.4, -0.2) is 11.7 Å². The highest BCUT2D eigenvalue weighted by Gasteiger charge is 2.49. The summed E-state index contributed by atoms with van der Waals surface area (Å²) in [5.41, 5.74) is 1.58. The Labute approximate surface area is 98.5 Å². The summed E-state index contributed by atoms with van der Waals surface area (Å²) in [6.07, 6.45) is 3.55. The van der Waals surface area contributed by atoms with Gasteiger partial charge in [-0.15, -0.1) is 0 Å². The summed E-state index contributed by atoms with van der Waals surface area (Å²) in [6.45, 7) is 4.77. The van der Waals surface area contributed by atoms with Gasteiger partial charge in [0.15, 0.2) is 0 Å². The van der Waals surface area contributed by atoms with Crippen molar-refractivity contribution in [2.75, 3.05) is 6.61 Å². The van der Waals surface area contributed by atoms with Gasteiger partial charge in [-0.1, -0.05) is 50.6 Å². The molecule has 0 spiro atoms. The molecular formula is C15H22O. The number of aliphatic hydroxyl groups is 1. The zero-order valence-corrected chi connectivity index (χ0v) is 10.3. The standard InChI is InChI=1S/C15H22O/c1-3-9-15(2,11-16)14-10-13(14)12-7-5-4-6-8-12/h4-8,13-14,16H,3,9-11H2,1-2H3. The number of rotatable bonds is 5. The van der Waals surface area contributed by atoms with Crippen molar-refractivity contribution in [3.05, 3.63) is 35.9 Å². The van der Waals surface area contributed by atoms with E-state index in [0.29, 0.717) is 18.4 Å². The summed E-state index contributed by atoms with van der Waals surface area (Å²) in [4.78, 5) is 0. The van der Waals surface area contributed by atoms with E-state index < -0.39 is 0 Å². The fraction of sp³-hybridized carbons (Fsp3) is 0.600. The summed E-state index contributed by atoms with van der Waals surface area (Å²) in [7, 11) is 0. The van der Waals surface area contributed by atoms with Crippen LogP contribution in [0.1, 0.15) is 44.6 Å². The third-order valence-corrected chi connectivity index (χ3v) is 4.10. The fourth-order valence-electron chi connectivity index (χ4n) is 2.99. The Kier molecular flexibility index (Phi) is 3.34. The van der Waals surface area contributed by atoms with Gasteiger partial charge in [0.2, 0.25) is 0 Å². The molecule has 0 heterocycles. The lowest BCUT2D eigenvalue weighted by Gasteiger charge is -2.27. The highest BCUT2D eigenvalue weighted by atomic mass is 16.3. The Hall–Kier alpha value is -0.820. The first kappa shape index (κ1) is 11.7. The van der Waals surface area contributed by atoms with Gasteiger partial charge >= 0.3 is 0 Å². The Morgan fingerprint density at radius 1 is 1.31 bits per heavy atom. The molecule has 0 radical (unpaired) electrons. The molecule has 1 aliphatic rings. The van der Waals surface area contributed by atoms with Gasteiger partial charge in [-0.2, -0.15) is 0 Å². The van der Waals surface area contributed by atoms with Crippen LogP contribution in [0.3, 0.4) is 0 Å². The van der Waals surface area contributed by atoms with Gasteiger partial charge in [0, 0.05) is 6.61 Å². The van der Waals surface area contributed by atoms with E-state index in [4.69, 9.17) is 0 Å². The van der Waals surface area contributed by atoms with Gasteiger partial charge in [0.1, 0.15) is 0 Å². The van der Waals surface area contributed by atoms with Crippen LogP contribution in [0.15, 0.2) is 30.3 Å². The van der Waals surface area contributed by atoms with Crippen molar-refractivity contribution in [3.8, 4) is 0 Å². The molecule has 3 atom stereocenters. The predicted molar refractivity (Wildman–Crippen MR) is 67.4 cm³/mol. The maximum absolute atomic E-state index is 9.59. The second kappa shape index (κ2) is 4.58. The lowest BCUT2D eigenvalue weighted by molar-refractivity contribution is 0.107. The largest absolute Gasteiger partial charge is 0.396 e. The average Bonchev–Trinajstić information content (AvgIpc) is 3.11. The third-order valence-electron chi connectivity index (χ3n) is 4.10. The molecule has 0 aliphatic heterocycles. The van der Waals surface area contributed by atoms with Crippen LogP contribution in [0.2, 0.25) is 0 Å². The second-order valence-electron chi connectivity index (χ2n) is 5.42. The number of benzene rings is 1. The van der Waals surface area contributed by atoms with Crippen LogP contribution in [0.4, 0.5) is 0 Å². The Bertz CT molecular complexity index is 333. The van der Waals surface area contributed by atoms with E-state index in [1.807, 2.05) is 0 Å². The zero-order chi connectivity index (χ0) is 11.6. The van der Waals surface area contributed by atoms with E-state index in [0.717, 1.165) is 12.8 Å². The van der Waals surface area contributed by atoms with Gasteiger partial charge in [-0.05, 0) is 35.7 Å². The zero-order valence-electron chi connectivity index (χ0n) is 10.3. The first-order valence-corrected chi connectivity index (χ1v) is 6.37. The molecule has 16 heavy (non-hydrogen) atoms. The van der Waals surface area contributed by atoms with Crippen LogP contribution < -0.4 is 0 Å². The molecular weight excluding hydrogens is 196 g/mol. The minimum atomic E-state index is 0.134. The maximum Gasteiger partial charge on any atom is 0.0487 e. The average molecular weight is 218 g/mol. The molecule has 1 aromatic rings. The molecule has 3 unspecified atom stereocenters. The van der Waals surface area contributed by atoms with Gasteiger partial charge < -0.3 is 5.11 Å². The van der Waals surface area contributed by atoms with Crippen molar-refractivity contribution in [3.63, 3.8) is 0 Å². The molecule has 2 rings (SSSR count). The van der Waals surface area contributed by atoms with Crippen molar-refractivity contribution in [1.29, 1.82) is 0 Å². The molecule has 0 amide bonds. The fourth-order valence-corrected chi connectivity index (χ4v) is 2.99. The van der Waals surface area contributed by atoms with Crippen molar-refractivity contribution < 1.29 is 5.11 Å². The van der Waals surface area contributed by atoms with E-state index in [1.54, 1.807) is 0 Å². The monoisotopic (exact) mass is 218 g/mol. The predicted octanol–water partition coefficient (Wildman–Crippen LogP) is 3.59. The summed E-state index contributed by atoms with van der Waals surface area (Å²) in [5.74, 6) is 1.37. The van der Waals surface area contributed by atoms with Crippen LogP contribution in [0, 0.1) is 11.3 Å². The van der Waals surface area contributed by atoms with Gasteiger partial charge in [0.25, 0.3) is 0 Å². The first-order valence-electron chi connectivity index (χ1n) is 6.37. The van der Waals surface area contributed by atoms with Crippen LogP contribution in [-0.2, 0) is 0 Å². The summed E-state index contributed by atoms with van der Waals surface area (Å²) >= 11 is 0. The molecule has 88 valence electrons. The summed E-state index contributed by atoms with van der Waals surface area (Å²) in [5, 5.41) is 9.59. The van der Waals surface area contributed by atoms with Gasteiger partial charge in [-0.3, -0.25) is 0 Å². The lowest BCUT2D eigenvalue weighted by atomic mass is 9.80. The molecule has 1 aromatic carbocycles. The minimum Gasteiger partial charge on any atom is -0.396 e. The van der Waals surface area contributed by atoms with Crippen molar-refractivity contribution >= 4 is 0 Å². The topological polar surface area (TPSA) is 20.2 Å². The summed E-state index contributed by atoms with van der Waals surface area (Å²) < 4.78 is 0. The number of hydrogen-bond donors (Lipinski definition) is 1. The molecule has 1 N–H and O–H groups in total. The molecule has 0 bridgehead atoms. The molecule has 1 fully saturated rings. The third kappa shape index (κ3) is 2.15. The molecule has 1 heteroatoms. The van der Waals surface area contributed by atoms with Crippen LogP contribution in [0.25, 0.3) is 0 Å². The summed E-state index contributed by atoms with van der Waals surface area (Å²) in [6, 6.07) is 10.7. The highest BCUT2D eigenvalue weighted by molar-refractivity contribution is 5.27. The smallest absolute Gasteiger partial charge is 0.0487 e. The van der Waals surface area contributed by atoms with Gasteiger partial charge in [-0.25, -0.2) is 0 Å². The number of aliphatic hydroxyl groups excluding tert-OH is 1. The minimum absolute atomic E-state index is 0.134. The quantitative estimate of drug-likeness (QED) is 0.800. The van der Waals surface area contributed by atoms with E-state index in [2.05, 4.69) is 44.2 Å². The SMILES string of the molecule is CCCC(C)(CO)C1CC1c1ccccc1. The van der Waals surface area contributed by atoms with E-state index >= 15 is 0 Å². The van der Waals surface area contributed by atoms with Crippen LogP contribution >= 0.6 is 0 Å². The van der Waals surface area contributed by atoms with Crippen molar-refractivity contribution in [1.82, 2.24) is 0 Å². The Morgan fingerprint density at radius 3 is 2.56 bits per heavy atom. The normalized spacial score (nSPS) is 27.4. The molecule has 0 aromatic heterocycles. The molecule has 1 saturated carbocycles. The Balaban J connectivity index is 2.05. The molecule has 1 aliphatic carbocycles. The number of hydrogen-bond acceptors (Lipinski definition) is 1. The molecule has 1 nitrogen and oxygen atoms in total. The van der Waals surface area contributed by atoms with Crippen molar-refractivity contribution in [2.45, 2.75) is 39.0 Å². The van der Waals surface area contributed by atoms with Crippen molar-refractivity contribution in [2.24, 2.45) is 11.3 Å². The lowest BCUT2D eigenvalue weighted by Crippen LogP contribution is -2.24. The van der Waals surface area contributed by atoms with Gasteiger partial charge in [0.05, 0.1) is 0 Å². The Morgan fingerprint density at radius 2 is 2.00 bits per heavy atom. The highest BCUT2D eigenvalue weighted by Crippen LogP contribution is 2.58. The molecule has 0 saturated heterocycles. The van der Waals surface area contributed by atoms with E-state index in [1.165, 1.54) is 12.0 Å². The second-order valence-corrected chi connectivity index (χ2v) is 5.42. The van der Waals surface area contributed by atoms with E-state index in [-0.39, 0.29) is 5.41 Å². The maximum atomic E-state index is 9.59. The van der Waals surface area contributed by atoms with Crippen LogP contribution in [0.5, 0.6) is 0 Å².